The van der Waals surface area contributed by atoms with Gasteiger partial charge in [0.2, 0.25) is 0 Å². The van der Waals surface area contributed by atoms with E-state index in [2.05, 4.69) is 13.8 Å². The molecule has 4 nitrogen and oxygen atoms in total. The van der Waals surface area contributed by atoms with E-state index in [9.17, 15) is 4.79 Å². The zero-order chi connectivity index (χ0) is 14.3. The number of carboxylic acids is 1. The van der Waals surface area contributed by atoms with Gasteiger partial charge in [-0.25, -0.2) is 4.79 Å². The third kappa shape index (κ3) is 5.04. The quantitative estimate of drug-likeness (QED) is 0.768. The van der Waals surface area contributed by atoms with Crippen LogP contribution in [-0.2, 0) is 4.79 Å². The van der Waals surface area contributed by atoms with E-state index in [1.807, 2.05) is 19.1 Å². The number of carbonyl (C=O) groups is 1. The summed E-state index contributed by atoms with van der Waals surface area (Å²) in [6.45, 7) is 7.08. The van der Waals surface area contributed by atoms with E-state index in [0.717, 1.165) is 6.08 Å². The number of hydrogen-bond donors (Lipinski definition) is 1. The summed E-state index contributed by atoms with van der Waals surface area (Å²) in [5.41, 5.74) is 0.703. The van der Waals surface area contributed by atoms with Crippen molar-refractivity contribution >= 4 is 12.0 Å². The molecule has 0 aliphatic rings. The van der Waals surface area contributed by atoms with Gasteiger partial charge in [0.05, 0.1) is 13.2 Å². The van der Waals surface area contributed by atoms with E-state index in [1.54, 1.807) is 6.07 Å². The van der Waals surface area contributed by atoms with Crippen molar-refractivity contribution < 1.29 is 19.4 Å². The molecule has 0 aliphatic carbocycles. The van der Waals surface area contributed by atoms with Crippen LogP contribution >= 0.6 is 0 Å². The van der Waals surface area contributed by atoms with Gasteiger partial charge in [-0.3, -0.25) is 0 Å². The van der Waals surface area contributed by atoms with Crippen LogP contribution in [0.1, 0.15) is 26.3 Å². The lowest BCUT2D eigenvalue weighted by atomic mass is 10.1. The SMILES string of the molecule is CCOc1cccc(/C=C/C(=O)O)c1OCC(C)C. The number of para-hydroxylation sites is 1. The van der Waals surface area contributed by atoms with Gasteiger partial charge in [-0.2, -0.15) is 0 Å². The Morgan fingerprint density at radius 2 is 2.11 bits per heavy atom. The molecule has 1 N–H and O–H groups in total. The molecule has 0 unspecified atom stereocenters. The minimum Gasteiger partial charge on any atom is -0.490 e. The van der Waals surface area contributed by atoms with Crippen LogP contribution in [0.15, 0.2) is 24.3 Å². The minimum absolute atomic E-state index is 0.381. The molecule has 4 heteroatoms. The Labute approximate surface area is 113 Å². The van der Waals surface area contributed by atoms with Crippen LogP contribution in [0.25, 0.3) is 6.08 Å². The van der Waals surface area contributed by atoms with Crippen LogP contribution in [0.4, 0.5) is 0 Å². The second-order valence-electron chi connectivity index (χ2n) is 4.48. The van der Waals surface area contributed by atoms with Crippen LogP contribution in [-0.4, -0.2) is 24.3 Å². The molecule has 0 aliphatic heterocycles. The highest BCUT2D eigenvalue weighted by molar-refractivity contribution is 5.86. The summed E-state index contributed by atoms with van der Waals surface area (Å²) in [6.07, 6.45) is 2.60. The van der Waals surface area contributed by atoms with Crippen molar-refractivity contribution in [1.29, 1.82) is 0 Å². The molecule has 0 spiro atoms. The first kappa shape index (κ1) is 15.1. The van der Waals surface area contributed by atoms with Gasteiger partial charge in [0.25, 0.3) is 0 Å². The lowest BCUT2D eigenvalue weighted by Crippen LogP contribution is -2.07. The van der Waals surface area contributed by atoms with Gasteiger partial charge in [0.15, 0.2) is 11.5 Å². The number of carboxylic acid groups (broad SMARTS) is 1. The molecule has 1 aromatic rings. The maximum atomic E-state index is 10.6. The molecule has 104 valence electrons. The van der Waals surface area contributed by atoms with Crippen LogP contribution in [0.2, 0.25) is 0 Å². The molecule has 0 aromatic heterocycles. The van der Waals surface area contributed by atoms with E-state index in [1.165, 1.54) is 6.08 Å². The first-order valence-corrected chi connectivity index (χ1v) is 6.34. The van der Waals surface area contributed by atoms with Gasteiger partial charge in [-0.1, -0.05) is 26.0 Å². The summed E-state index contributed by atoms with van der Waals surface area (Å²) in [6, 6.07) is 5.43. The Kier molecular flexibility index (Phi) is 5.93. The summed E-state index contributed by atoms with van der Waals surface area (Å²) in [7, 11) is 0. The average Bonchev–Trinajstić information content (AvgIpc) is 2.35. The highest BCUT2D eigenvalue weighted by Crippen LogP contribution is 2.32. The second kappa shape index (κ2) is 7.46. The van der Waals surface area contributed by atoms with E-state index in [-0.39, 0.29) is 0 Å². The fourth-order valence-electron chi connectivity index (χ4n) is 1.50. The van der Waals surface area contributed by atoms with Crippen LogP contribution in [0.3, 0.4) is 0 Å². The first-order chi connectivity index (χ1) is 9.04. The van der Waals surface area contributed by atoms with Gasteiger partial charge in [-0.05, 0) is 25.0 Å². The lowest BCUT2D eigenvalue weighted by Gasteiger charge is -2.15. The topological polar surface area (TPSA) is 55.8 Å². The van der Waals surface area contributed by atoms with Crippen molar-refractivity contribution in [1.82, 2.24) is 0 Å². The number of aliphatic carboxylic acids is 1. The van der Waals surface area contributed by atoms with Gasteiger partial charge >= 0.3 is 5.97 Å². The predicted molar refractivity (Wildman–Crippen MR) is 74.6 cm³/mol. The monoisotopic (exact) mass is 264 g/mol. The molecule has 19 heavy (non-hydrogen) atoms. The van der Waals surface area contributed by atoms with Crippen molar-refractivity contribution in [3.8, 4) is 11.5 Å². The van der Waals surface area contributed by atoms with E-state index in [0.29, 0.717) is 36.2 Å². The molecule has 0 bridgehead atoms. The molecule has 0 atom stereocenters. The summed E-state index contributed by atoms with van der Waals surface area (Å²) >= 11 is 0. The number of ether oxygens (including phenoxy) is 2. The standard InChI is InChI=1S/C15H20O4/c1-4-18-13-7-5-6-12(8-9-14(16)17)15(13)19-10-11(2)3/h5-9,11H,4,10H2,1-3H3,(H,16,17)/b9-8+. The number of rotatable bonds is 7. The van der Waals surface area contributed by atoms with Crippen LogP contribution in [0.5, 0.6) is 11.5 Å². The molecule has 0 saturated carbocycles. The number of hydrogen-bond acceptors (Lipinski definition) is 3. The van der Waals surface area contributed by atoms with Gasteiger partial charge in [0, 0.05) is 11.6 Å². The predicted octanol–water partition coefficient (Wildman–Crippen LogP) is 3.22. The Morgan fingerprint density at radius 3 is 2.68 bits per heavy atom. The highest BCUT2D eigenvalue weighted by Gasteiger charge is 2.10. The molecule has 0 fully saturated rings. The molecule has 1 aromatic carbocycles. The maximum Gasteiger partial charge on any atom is 0.328 e. The van der Waals surface area contributed by atoms with E-state index in [4.69, 9.17) is 14.6 Å². The van der Waals surface area contributed by atoms with Crippen molar-refractivity contribution in [2.45, 2.75) is 20.8 Å². The molecule has 1 rings (SSSR count). The molecule has 0 radical (unpaired) electrons. The summed E-state index contributed by atoms with van der Waals surface area (Å²) in [5, 5.41) is 8.70. The van der Waals surface area contributed by atoms with E-state index < -0.39 is 5.97 Å². The Bertz CT molecular complexity index is 449. The lowest BCUT2D eigenvalue weighted by molar-refractivity contribution is -0.131. The zero-order valence-corrected chi connectivity index (χ0v) is 11.6. The van der Waals surface area contributed by atoms with Gasteiger partial charge in [0.1, 0.15) is 0 Å². The Morgan fingerprint density at radius 1 is 1.37 bits per heavy atom. The number of benzene rings is 1. The molecular weight excluding hydrogens is 244 g/mol. The third-order valence-electron chi connectivity index (χ3n) is 2.28. The fraction of sp³-hybridized carbons (Fsp3) is 0.400. The maximum absolute atomic E-state index is 10.6. The molecule has 0 amide bonds. The fourth-order valence-corrected chi connectivity index (χ4v) is 1.50. The van der Waals surface area contributed by atoms with Gasteiger partial charge < -0.3 is 14.6 Å². The van der Waals surface area contributed by atoms with E-state index >= 15 is 0 Å². The minimum atomic E-state index is -0.989. The normalized spacial score (nSPS) is 10.9. The molecule has 0 heterocycles. The van der Waals surface area contributed by atoms with Crippen molar-refractivity contribution in [2.24, 2.45) is 5.92 Å². The highest BCUT2D eigenvalue weighted by atomic mass is 16.5. The summed E-state index contributed by atoms with van der Waals surface area (Å²) < 4.78 is 11.3. The second-order valence-corrected chi connectivity index (χ2v) is 4.48. The van der Waals surface area contributed by atoms with Crippen LogP contribution < -0.4 is 9.47 Å². The van der Waals surface area contributed by atoms with Gasteiger partial charge in [-0.15, -0.1) is 0 Å². The first-order valence-electron chi connectivity index (χ1n) is 6.34. The van der Waals surface area contributed by atoms with Crippen molar-refractivity contribution in [3.05, 3.63) is 29.8 Å². The average molecular weight is 264 g/mol. The van der Waals surface area contributed by atoms with Crippen molar-refractivity contribution in [3.63, 3.8) is 0 Å². The molecule has 0 saturated heterocycles. The van der Waals surface area contributed by atoms with Crippen LogP contribution in [0, 0.1) is 5.92 Å². The summed E-state index contributed by atoms with van der Waals surface area (Å²) in [5.74, 6) is 0.619. The molecular formula is C15H20O4. The Balaban J connectivity index is 3.05. The largest absolute Gasteiger partial charge is 0.490 e. The summed E-state index contributed by atoms with van der Waals surface area (Å²) in [4.78, 5) is 10.6. The zero-order valence-electron chi connectivity index (χ0n) is 11.6. The smallest absolute Gasteiger partial charge is 0.328 e. The Hall–Kier alpha value is -1.97. The van der Waals surface area contributed by atoms with Crippen molar-refractivity contribution in [2.75, 3.05) is 13.2 Å². The third-order valence-corrected chi connectivity index (χ3v) is 2.28.